The van der Waals surface area contributed by atoms with E-state index in [9.17, 15) is 13.5 Å². The van der Waals surface area contributed by atoms with Gasteiger partial charge in [-0.05, 0) is 24.0 Å². The van der Waals surface area contributed by atoms with Crippen LogP contribution >= 0.6 is 0 Å². The quantitative estimate of drug-likeness (QED) is 0.916. The Morgan fingerprint density at radius 2 is 1.30 bits per heavy atom. The summed E-state index contributed by atoms with van der Waals surface area (Å²) in [5.74, 6) is 0. The van der Waals surface area contributed by atoms with Gasteiger partial charge in [0.25, 0.3) is 0 Å². The maximum atomic E-state index is 13.1. The standard InChI is InChI=1S/C18H21NO3S/c20-17(15-9-3-1-4-10-15)18(16-11-5-2-6-12-16)23(21,22)19-13-7-8-14-19/h1-6,9-12,17-18,20H,7-8,13-14H2/t17-,18-/m1/s1. The second-order valence-corrected chi connectivity index (χ2v) is 7.89. The molecule has 3 rings (SSSR count). The van der Waals surface area contributed by atoms with Crippen LogP contribution in [0.15, 0.2) is 60.7 Å². The molecule has 0 aliphatic carbocycles. The fraction of sp³-hybridized carbons (Fsp3) is 0.333. The number of benzene rings is 2. The van der Waals surface area contributed by atoms with Crippen LogP contribution in [0.5, 0.6) is 0 Å². The minimum Gasteiger partial charge on any atom is -0.387 e. The molecule has 0 aromatic heterocycles. The van der Waals surface area contributed by atoms with Gasteiger partial charge in [-0.2, -0.15) is 0 Å². The first-order valence-corrected chi connectivity index (χ1v) is 9.38. The largest absolute Gasteiger partial charge is 0.387 e. The SMILES string of the molecule is O=S(=O)([C@H](c1ccccc1)[C@H](O)c1ccccc1)N1CCCC1. The topological polar surface area (TPSA) is 57.6 Å². The molecule has 1 aliphatic heterocycles. The molecule has 1 fully saturated rings. The average molecular weight is 331 g/mol. The van der Waals surface area contributed by atoms with Gasteiger partial charge in [0.1, 0.15) is 11.4 Å². The Balaban J connectivity index is 2.04. The highest BCUT2D eigenvalue weighted by Gasteiger charge is 2.39. The molecule has 0 amide bonds. The third-order valence-corrected chi connectivity index (χ3v) is 6.56. The first-order chi connectivity index (χ1) is 11.1. The van der Waals surface area contributed by atoms with E-state index < -0.39 is 21.4 Å². The molecule has 1 N–H and O–H groups in total. The number of aliphatic hydroxyl groups is 1. The zero-order valence-corrected chi connectivity index (χ0v) is 13.7. The fourth-order valence-electron chi connectivity index (χ4n) is 3.09. The zero-order chi connectivity index (χ0) is 16.3. The van der Waals surface area contributed by atoms with Gasteiger partial charge in [0.15, 0.2) is 0 Å². The third kappa shape index (κ3) is 3.32. The molecule has 0 saturated carbocycles. The van der Waals surface area contributed by atoms with Gasteiger partial charge >= 0.3 is 0 Å². The van der Waals surface area contributed by atoms with Gasteiger partial charge in [0, 0.05) is 13.1 Å². The van der Waals surface area contributed by atoms with Crippen molar-refractivity contribution in [3.8, 4) is 0 Å². The predicted molar refractivity (Wildman–Crippen MR) is 90.3 cm³/mol. The number of sulfonamides is 1. The van der Waals surface area contributed by atoms with Crippen molar-refractivity contribution in [3.63, 3.8) is 0 Å². The molecule has 2 atom stereocenters. The fourth-order valence-corrected chi connectivity index (χ4v) is 5.16. The van der Waals surface area contributed by atoms with Crippen LogP contribution in [0.2, 0.25) is 0 Å². The summed E-state index contributed by atoms with van der Waals surface area (Å²) in [5.41, 5.74) is 1.24. The van der Waals surface area contributed by atoms with Crippen molar-refractivity contribution in [2.75, 3.05) is 13.1 Å². The van der Waals surface area contributed by atoms with Crippen LogP contribution in [0, 0.1) is 0 Å². The van der Waals surface area contributed by atoms with E-state index >= 15 is 0 Å². The molecular formula is C18H21NO3S. The Morgan fingerprint density at radius 3 is 1.83 bits per heavy atom. The highest BCUT2D eigenvalue weighted by molar-refractivity contribution is 7.89. The molecule has 0 spiro atoms. The molecule has 2 aromatic rings. The van der Waals surface area contributed by atoms with E-state index in [4.69, 9.17) is 0 Å². The molecule has 1 saturated heterocycles. The molecule has 5 heteroatoms. The summed E-state index contributed by atoms with van der Waals surface area (Å²) in [5, 5.41) is 9.84. The van der Waals surface area contributed by atoms with E-state index in [-0.39, 0.29) is 0 Å². The summed E-state index contributed by atoms with van der Waals surface area (Å²) >= 11 is 0. The normalized spacial score (nSPS) is 18.7. The van der Waals surface area contributed by atoms with Crippen molar-refractivity contribution in [3.05, 3.63) is 71.8 Å². The first kappa shape index (κ1) is 16.2. The Kier molecular flexibility index (Phi) is 4.80. The first-order valence-electron chi connectivity index (χ1n) is 7.87. The van der Waals surface area contributed by atoms with E-state index in [0.717, 1.165) is 12.8 Å². The van der Waals surface area contributed by atoms with Gasteiger partial charge in [-0.1, -0.05) is 60.7 Å². The Morgan fingerprint density at radius 1 is 0.826 bits per heavy atom. The molecule has 0 bridgehead atoms. The lowest BCUT2D eigenvalue weighted by Gasteiger charge is -2.28. The minimum atomic E-state index is -3.62. The predicted octanol–water partition coefficient (Wildman–Crippen LogP) is 2.89. The number of hydrogen-bond acceptors (Lipinski definition) is 3. The van der Waals surface area contributed by atoms with Gasteiger partial charge in [0.05, 0.1) is 0 Å². The molecule has 0 radical (unpaired) electrons. The maximum Gasteiger partial charge on any atom is 0.224 e. The number of rotatable bonds is 5. The minimum absolute atomic E-state index is 0.535. The van der Waals surface area contributed by atoms with Gasteiger partial charge in [-0.15, -0.1) is 0 Å². The zero-order valence-electron chi connectivity index (χ0n) is 12.9. The van der Waals surface area contributed by atoms with Gasteiger partial charge < -0.3 is 5.11 Å². The Bertz CT molecular complexity index is 725. The summed E-state index contributed by atoms with van der Waals surface area (Å²) in [4.78, 5) is 0. The van der Waals surface area contributed by atoms with E-state index in [1.54, 1.807) is 36.4 Å². The molecule has 1 heterocycles. The van der Waals surface area contributed by atoms with Crippen LogP contribution in [0.3, 0.4) is 0 Å². The van der Waals surface area contributed by atoms with Crippen molar-refractivity contribution in [1.82, 2.24) is 4.31 Å². The highest BCUT2D eigenvalue weighted by Crippen LogP contribution is 2.38. The summed E-state index contributed by atoms with van der Waals surface area (Å²) in [6.07, 6.45) is 0.661. The lowest BCUT2D eigenvalue weighted by molar-refractivity contribution is 0.168. The number of aliphatic hydroxyl groups excluding tert-OH is 1. The monoisotopic (exact) mass is 331 g/mol. The highest BCUT2D eigenvalue weighted by atomic mass is 32.2. The van der Waals surface area contributed by atoms with Crippen LogP contribution < -0.4 is 0 Å². The lowest BCUT2D eigenvalue weighted by Crippen LogP contribution is -2.35. The van der Waals surface area contributed by atoms with Crippen molar-refractivity contribution in [2.45, 2.75) is 24.2 Å². The van der Waals surface area contributed by atoms with E-state index in [2.05, 4.69) is 0 Å². The summed E-state index contributed by atoms with van der Waals surface area (Å²) in [7, 11) is -3.62. The van der Waals surface area contributed by atoms with Crippen molar-refractivity contribution in [2.24, 2.45) is 0 Å². The molecular weight excluding hydrogens is 310 g/mol. The molecule has 1 aliphatic rings. The molecule has 0 unspecified atom stereocenters. The summed E-state index contributed by atoms with van der Waals surface area (Å²) in [6, 6.07) is 18.0. The molecule has 23 heavy (non-hydrogen) atoms. The Hall–Kier alpha value is -1.69. The average Bonchev–Trinajstić information content (AvgIpc) is 3.12. The second-order valence-electron chi connectivity index (χ2n) is 5.84. The molecule has 122 valence electrons. The summed E-state index contributed by atoms with van der Waals surface area (Å²) in [6.45, 7) is 1.07. The third-order valence-electron chi connectivity index (χ3n) is 4.30. The maximum absolute atomic E-state index is 13.1. The van der Waals surface area contributed by atoms with Crippen molar-refractivity contribution < 1.29 is 13.5 Å². The number of nitrogens with zero attached hydrogens (tertiary/aromatic N) is 1. The van der Waals surface area contributed by atoms with Crippen molar-refractivity contribution in [1.29, 1.82) is 0 Å². The van der Waals surface area contributed by atoms with Crippen LogP contribution in [0.1, 0.15) is 35.3 Å². The molecule has 4 nitrogen and oxygen atoms in total. The van der Waals surface area contributed by atoms with E-state index in [1.807, 2.05) is 24.3 Å². The lowest BCUT2D eigenvalue weighted by atomic mass is 10.0. The number of hydrogen-bond donors (Lipinski definition) is 1. The van der Waals surface area contributed by atoms with Crippen molar-refractivity contribution >= 4 is 10.0 Å². The van der Waals surface area contributed by atoms with Gasteiger partial charge in [-0.3, -0.25) is 0 Å². The van der Waals surface area contributed by atoms with Crippen LogP contribution in [-0.4, -0.2) is 30.9 Å². The summed E-state index contributed by atoms with van der Waals surface area (Å²) < 4.78 is 27.7. The smallest absolute Gasteiger partial charge is 0.224 e. The van der Waals surface area contributed by atoms with Crippen LogP contribution in [-0.2, 0) is 10.0 Å². The van der Waals surface area contributed by atoms with E-state index in [1.165, 1.54) is 4.31 Å². The molecule has 2 aromatic carbocycles. The van der Waals surface area contributed by atoms with Gasteiger partial charge in [0.2, 0.25) is 10.0 Å². The Labute approximate surface area is 137 Å². The second kappa shape index (κ2) is 6.83. The van der Waals surface area contributed by atoms with Gasteiger partial charge in [-0.25, -0.2) is 12.7 Å². The van der Waals surface area contributed by atoms with Crippen LogP contribution in [0.25, 0.3) is 0 Å². The van der Waals surface area contributed by atoms with E-state index in [0.29, 0.717) is 24.2 Å². The van der Waals surface area contributed by atoms with Crippen LogP contribution in [0.4, 0.5) is 0 Å².